The minimum absolute atomic E-state index is 0.00427. The third-order valence-corrected chi connectivity index (χ3v) is 3.95. The average molecular weight is 340 g/mol. The zero-order valence-corrected chi connectivity index (χ0v) is 13.4. The van der Waals surface area contributed by atoms with E-state index in [1.807, 2.05) is 30.3 Å². The fourth-order valence-electron chi connectivity index (χ4n) is 1.74. The van der Waals surface area contributed by atoms with Crippen LogP contribution in [0.2, 0.25) is 5.02 Å². The third kappa shape index (κ3) is 4.25. The molecule has 0 aliphatic rings. The highest BCUT2D eigenvalue weighted by Gasteiger charge is 2.18. The molecule has 0 aliphatic carbocycles. The third-order valence-electron chi connectivity index (χ3n) is 2.81. The predicted molar refractivity (Wildman–Crippen MR) is 82.6 cm³/mol. The molecular formula is C14H14ClN3O3S. The zero-order chi connectivity index (χ0) is 16.2. The molecule has 0 saturated carbocycles. The van der Waals surface area contributed by atoms with Gasteiger partial charge in [0.1, 0.15) is 0 Å². The molecule has 1 heterocycles. The Morgan fingerprint density at radius 2 is 1.95 bits per heavy atom. The molecule has 1 aromatic heterocycles. The molecule has 0 fully saturated rings. The molecule has 1 N–H and O–H groups in total. The SMILES string of the molecule is CS(=O)(=O)c1ncc(Cl)c(C(=O)NCCc2ccccc2)n1. The van der Waals surface area contributed by atoms with Gasteiger partial charge in [0, 0.05) is 12.8 Å². The Hall–Kier alpha value is -1.99. The minimum Gasteiger partial charge on any atom is -0.350 e. The van der Waals surface area contributed by atoms with Crippen molar-refractivity contribution >= 4 is 27.3 Å². The van der Waals surface area contributed by atoms with Gasteiger partial charge in [0.15, 0.2) is 5.69 Å². The summed E-state index contributed by atoms with van der Waals surface area (Å²) in [6, 6.07) is 9.64. The number of benzene rings is 1. The summed E-state index contributed by atoms with van der Waals surface area (Å²) < 4.78 is 22.8. The summed E-state index contributed by atoms with van der Waals surface area (Å²) in [4.78, 5) is 19.4. The van der Waals surface area contributed by atoms with Crippen LogP contribution in [0.25, 0.3) is 0 Å². The molecule has 2 rings (SSSR count). The van der Waals surface area contributed by atoms with E-state index in [2.05, 4.69) is 15.3 Å². The lowest BCUT2D eigenvalue weighted by molar-refractivity contribution is 0.0948. The van der Waals surface area contributed by atoms with Crippen LogP contribution in [0.4, 0.5) is 0 Å². The first-order chi connectivity index (χ1) is 10.4. The summed E-state index contributed by atoms with van der Waals surface area (Å²) in [5, 5.41) is 2.24. The average Bonchev–Trinajstić information content (AvgIpc) is 2.47. The van der Waals surface area contributed by atoms with Crippen LogP contribution in [-0.2, 0) is 16.3 Å². The van der Waals surface area contributed by atoms with E-state index in [-0.39, 0.29) is 10.7 Å². The number of carbonyl (C=O) groups is 1. The van der Waals surface area contributed by atoms with Crippen LogP contribution in [0.3, 0.4) is 0 Å². The molecule has 0 saturated heterocycles. The van der Waals surface area contributed by atoms with Gasteiger partial charge in [-0.25, -0.2) is 18.4 Å². The topological polar surface area (TPSA) is 89.0 Å². The summed E-state index contributed by atoms with van der Waals surface area (Å²) in [5.41, 5.74) is 0.929. The molecule has 1 aromatic carbocycles. The van der Waals surface area contributed by atoms with E-state index in [1.165, 1.54) is 0 Å². The predicted octanol–water partition coefficient (Wildman–Crippen LogP) is 1.51. The van der Waals surface area contributed by atoms with Gasteiger partial charge < -0.3 is 5.32 Å². The molecule has 0 spiro atoms. The molecule has 0 bridgehead atoms. The van der Waals surface area contributed by atoms with Crippen molar-refractivity contribution in [3.8, 4) is 0 Å². The van der Waals surface area contributed by atoms with E-state index in [1.54, 1.807) is 0 Å². The molecule has 6 nitrogen and oxygen atoms in total. The smallest absolute Gasteiger partial charge is 0.271 e. The van der Waals surface area contributed by atoms with Crippen LogP contribution in [0, 0.1) is 0 Å². The van der Waals surface area contributed by atoms with Crippen LogP contribution in [0.15, 0.2) is 41.7 Å². The molecular weight excluding hydrogens is 326 g/mol. The molecule has 8 heteroatoms. The summed E-state index contributed by atoms with van der Waals surface area (Å²) in [6.07, 6.45) is 2.72. The lowest BCUT2D eigenvalue weighted by Gasteiger charge is -2.07. The first-order valence-electron chi connectivity index (χ1n) is 6.42. The molecule has 1 amide bonds. The Kier molecular flexibility index (Phi) is 5.10. The Labute approximate surface area is 133 Å². The summed E-state index contributed by atoms with van der Waals surface area (Å²) in [5.74, 6) is -0.534. The second kappa shape index (κ2) is 6.85. The number of hydrogen-bond acceptors (Lipinski definition) is 5. The standard InChI is InChI=1S/C14H14ClN3O3S/c1-22(20,21)14-17-9-11(15)12(18-14)13(19)16-8-7-10-5-3-2-4-6-10/h2-6,9H,7-8H2,1H3,(H,16,19). The van der Waals surface area contributed by atoms with Gasteiger partial charge >= 0.3 is 0 Å². The number of aromatic nitrogens is 2. The quantitative estimate of drug-likeness (QED) is 0.834. The maximum Gasteiger partial charge on any atom is 0.271 e. The first kappa shape index (κ1) is 16.4. The lowest BCUT2D eigenvalue weighted by atomic mass is 10.1. The van der Waals surface area contributed by atoms with E-state index < -0.39 is 20.9 Å². The first-order valence-corrected chi connectivity index (χ1v) is 8.69. The van der Waals surface area contributed by atoms with Crippen molar-refractivity contribution in [2.75, 3.05) is 12.8 Å². The van der Waals surface area contributed by atoms with E-state index >= 15 is 0 Å². The Morgan fingerprint density at radius 1 is 1.27 bits per heavy atom. The van der Waals surface area contributed by atoms with Crippen molar-refractivity contribution in [1.82, 2.24) is 15.3 Å². The van der Waals surface area contributed by atoms with Crippen molar-refractivity contribution in [1.29, 1.82) is 0 Å². The van der Waals surface area contributed by atoms with Crippen LogP contribution in [0.5, 0.6) is 0 Å². The second-order valence-corrected chi connectivity index (χ2v) is 6.93. The molecule has 116 valence electrons. The number of hydrogen-bond donors (Lipinski definition) is 1. The van der Waals surface area contributed by atoms with Crippen LogP contribution in [-0.4, -0.2) is 37.1 Å². The van der Waals surface area contributed by atoms with E-state index in [0.29, 0.717) is 13.0 Å². The fourth-order valence-corrected chi connectivity index (χ4v) is 2.42. The van der Waals surface area contributed by atoms with Crippen molar-refractivity contribution in [3.63, 3.8) is 0 Å². The molecule has 0 radical (unpaired) electrons. The summed E-state index contributed by atoms with van der Waals surface area (Å²) >= 11 is 5.86. The summed E-state index contributed by atoms with van der Waals surface area (Å²) in [7, 11) is -3.60. The molecule has 0 unspecified atom stereocenters. The van der Waals surface area contributed by atoms with Crippen molar-refractivity contribution in [2.45, 2.75) is 11.6 Å². The maximum absolute atomic E-state index is 12.1. The number of nitrogens with one attached hydrogen (secondary N) is 1. The highest BCUT2D eigenvalue weighted by Crippen LogP contribution is 2.14. The van der Waals surface area contributed by atoms with Gasteiger partial charge in [-0.2, -0.15) is 0 Å². The Bertz CT molecular complexity index is 779. The van der Waals surface area contributed by atoms with Crippen molar-refractivity contribution < 1.29 is 13.2 Å². The number of nitrogens with zero attached hydrogens (tertiary/aromatic N) is 2. The Balaban J connectivity index is 2.06. The highest BCUT2D eigenvalue weighted by atomic mass is 35.5. The Morgan fingerprint density at radius 3 is 2.59 bits per heavy atom. The normalized spacial score (nSPS) is 11.2. The van der Waals surface area contributed by atoms with Gasteiger partial charge in [-0.05, 0) is 12.0 Å². The summed E-state index contributed by atoms with van der Waals surface area (Å²) in [6.45, 7) is 0.386. The molecule has 0 aliphatic heterocycles. The fraction of sp³-hybridized carbons (Fsp3) is 0.214. The lowest BCUT2D eigenvalue weighted by Crippen LogP contribution is -2.27. The van der Waals surface area contributed by atoms with Crippen molar-refractivity contribution in [3.05, 3.63) is 52.8 Å². The number of halogens is 1. The molecule has 0 atom stereocenters. The van der Waals surface area contributed by atoms with Gasteiger partial charge in [0.2, 0.25) is 15.0 Å². The van der Waals surface area contributed by atoms with Crippen LogP contribution in [0.1, 0.15) is 16.1 Å². The van der Waals surface area contributed by atoms with Gasteiger partial charge in [-0.15, -0.1) is 0 Å². The number of rotatable bonds is 5. The number of amides is 1. The van der Waals surface area contributed by atoms with E-state index in [4.69, 9.17) is 11.6 Å². The van der Waals surface area contributed by atoms with Gasteiger partial charge in [0.25, 0.3) is 5.91 Å². The molecule has 2 aromatic rings. The second-order valence-electron chi connectivity index (χ2n) is 4.61. The zero-order valence-electron chi connectivity index (χ0n) is 11.8. The number of sulfone groups is 1. The largest absolute Gasteiger partial charge is 0.350 e. The van der Waals surface area contributed by atoms with Gasteiger partial charge in [-0.3, -0.25) is 4.79 Å². The highest BCUT2D eigenvalue weighted by molar-refractivity contribution is 7.90. The van der Waals surface area contributed by atoms with Gasteiger partial charge in [-0.1, -0.05) is 41.9 Å². The maximum atomic E-state index is 12.1. The minimum atomic E-state index is -3.60. The van der Waals surface area contributed by atoms with Gasteiger partial charge in [0.05, 0.1) is 11.2 Å². The monoisotopic (exact) mass is 339 g/mol. The van der Waals surface area contributed by atoms with E-state index in [0.717, 1.165) is 18.0 Å². The van der Waals surface area contributed by atoms with Crippen LogP contribution >= 0.6 is 11.6 Å². The van der Waals surface area contributed by atoms with E-state index in [9.17, 15) is 13.2 Å². The number of carbonyl (C=O) groups excluding carboxylic acids is 1. The van der Waals surface area contributed by atoms with Crippen molar-refractivity contribution in [2.24, 2.45) is 0 Å². The van der Waals surface area contributed by atoms with Crippen LogP contribution < -0.4 is 5.32 Å². The molecule has 22 heavy (non-hydrogen) atoms.